The monoisotopic (exact) mass is 269 g/mol. The van der Waals surface area contributed by atoms with Crippen LogP contribution in [0.25, 0.3) is 0 Å². The number of ether oxygens (including phenoxy) is 1. The second kappa shape index (κ2) is 4.08. The van der Waals surface area contributed by atoms with Crippen molar-refractivity contribution in [1.82, 2.24) is 0 Å². The summed E-state index contributed by atoms with van der Waals surface area (Å²) >= 11 is 7.98. The SMILES string of the molecule is CC1CC2(CS1)C[C@H](N)c1cc(Cl)ccc1O2. The van der Waals surface area contributed by atoms with Crippen molar-refractivity contribution >= 4 is 23.4 Å². The first-order valence-electron chi connectivity index (χ1n) is 5.94. The average Bonchev–Trinajstić information content (AvgIpc) is 2.61. The molecule has 0 aromatic heterocycles. The predicted octanol–water partition coefficient (Wildman–Crippen LogP) is 3.39. The third-order valence-corrected chi connectivity index (χ3v) is 5.24. The van der Waals surface area contributed by atoms with Gasteiger partial charge in [0.05, 0.1) is 0 Å². The van der Waals surface area contributed by atoms with E-state index >= 15 is 0 Å². The Morgan fingerprint density at radius 2 is 2.29 bits per heavy atom. The molecular weight excluding hydrogens is 254 g/mol. The van der Waals surface area contributed by atoms with Crippen molar-refractivity contribution in [1.29, 1.82) is 0 Å². The van der Waals surface area contributed by atoms with Gasteiger partial charge in [-0.05, 0) is 24.6 Å². The number of halogens is 1. The number of benzene rings is 1. The van der Waals surface area contributed by atoms with Gasteiger partial charge in [0.2, 0.25) is 0 Å². The van der Waals surface area contributed by atoms with Crippen LogP contribution in [0.3, 0.4) is 0 Å². The molecule has 0 bridgehead atoms. The molecular formula is C13H16ClNOS. The summed E-state index contributed by atoms with van der Waals surface area (Å²) in [5.74, 6) is 1.96. The Kier molecular flexibility index (Phi) is 2.80. The largest absolute Gasteiger partial charge is 0.486 e. The highest BCUT2D eigenvalue weighted by atomic mass is 35.5. The second-order valence-corrected chi connectivity index (χ2v) is 6.97. The van der Waals surface area contributed by atoms with E-state index in [0.717, 1.165) is 34.9 Å². The molecule has 0 amide bonds. The Morgan fingerprint density at radius 3 is 3.00 bits per heavy atom. The quantitative estimate of drug-likeness (QED) is 0.784. The van der Waals surface area contributed by atoms with Crippen molar-refractivity contribution < 1.29 is 4.74 Å². The predicted molar refractivity (Wildman–Crippen MR) is 72.9 cm³/mol. The fraction of sp³-hybridized carbons (Fsp3) is 0.538. The van der Waals surface area contributed by atoms with Crippen LogP contribution in [0, 0.1) is 0 Å². The Morgan fingerprint density at radius 1 is 1.47 bits per heavy atom. The molecule has 2 aliphatic rings. The molecule has 4 heteroatoms. The lowest BCUT2D eigenvalue weighted by atomic mass is 9.86. The first-order chi connectivity index (χ1) is 8.08. The molecule has 17 heavy (non-hydrogen) atoms. The number of hydrogen-bond acceptors (Lipinski definition) is 3. The van der Waals surface area contributed by atoms with Gasteiger partial charge in [0, 0.05) is 34.1 Å². The summed E-state index contributed by atoms with van der Waals surface area (Å²) in [4.78, 5) is 0. The zero-order chi connectivity index (χ0) is 12.0. The number of hydrogen-bond donors (Lipinski definition) is 1. The fourth-order valence-electron chi connectivity index (χ4n) is 2.84. The maximum absolute atomic E-state index is 6.27. The van der Waals surface area contributed by atoms with Gasteiger partial charge in [0.15, 0.2) is 0 Å². The zero-order valence-corrected chi connectivity index (χ0v) is 11.4. The van der Waals surface area contributed by atoms with Crippen LogP contribution >= 0.6 is 23.4 Å². The van der Waals surface area contributed by atoms with E-state index in [0.29, 0.717) is 5.25 Å². The van der Waals surface area contributed by atoms with Gasteiger partial charge in [0.25, 0.3) is 0 Å². The Bertz CT molecular complexity index is 453. The van der Waals surface area contributed by atoms with Crippen LogP contribution in [0.2, 0.25) is 5.02 Å². The number of fused-ring (bicyclic) bond motifs is 1. The van der Waals surface area contributed by atoms with Gasteiger partial charge >= 0.3 is 0 Å². The highest BCUT2D eigenvalue weighted by Crippen LogP contribution is 2.47. The summed E-state index contributed by atoms with van der Waals surface area (Å²) in [6.07, 6.45) is 1.99. The highest BCUT2D eigenvalue weighted by molar-refractivity contribution is 8.00. The van der Waals surface area contributed by atoms with Crippen LogP contribution in [0.15, 0.2) is 18.2 Å². The molecule has 2 nitrogen and oxygen atoms in total. The maximum Gasteiger partial charge on any atom is 0.125 e. The highest BCUT2D eigenvalue weighted by Gasteiger charge is 2.45. The molecule has 1 spiro atoms. The van der Waals surface area contributed by atoms with Crippen molar-refractivity contribution in [3.8, 4) is 5.75 Å². The van der Waals surface area contributed by atoms with E-state index in [4.69, 9.17) is 22.1 Å². The van der Waals surface area contributed by atoms with Gasteiger partial charge in [-0.1, -0.05) is 18.5 Å². The molecule has 0 aliphatic carbocycles. The van der Waals surface area contributed by atoms with E-state index in [1.807, 2.05) is 30.0 Å². The van der Waals surface area contributed by atoms with Gasteiger partial charge in [0.1, 0.15) is 11.4 Å². The molecule has 92 valence electrons. The van der Waals surface area contributed by atoms with E-state index in [1.54, 1.807) is 0 Å². The van der Waals surface area contributed by atoms with Gasteiger partial charge in [-0.2, -0.15) is 11.8 Å². The van der Waals surface area contributed by atoms with Crippen LogP contribution in [-0.2, 0) is 0 Å². The molecule has 2 heterocycles. The first kappa shape index (κ1) is 11.7. The molecule has 2 N–H and O–H groups in total. The topological polar surface area (TPSA) is 35.2 Å². The minimum absolute atomic E-state index is 0.0448. The third kappa shape index (κ3) is 2.05. The maximum atomic E-state index is 6.27. The molecule has 0 saturated carbocycles. The number of nitrogens with two attached hydrogens (primary N) is 1. The van der Waals surface area contributed by atoms with Crippen LogP contribution in [0.4, 0.5) is 0 Å². The standard InChI is InChI=1S/C13H16ClNOS/c1-8-5-13(7-17-8)6-11(15)10-4-9(14)2-3-12(10)16-13/h2-4,8,11H,5-7,15H2,1H3/t8?,11-,13?/m0/s1. The van der Waals surface area contributed by atoms with Gasteiger partial charge in [-0.25, -0.2) is 0 Å². The van der Waals surface area contributed by atoms with E-state index in [1.165, 1.54) is 0 Å². The fourth-order valence-corrected chi connectivity index (χ4v) is 4.32. The van der Waals surface area contributed by atoms with Gasteiger partial charge < -0.3 is 10.5 Å². The van der Waals surface area contributed by atoms with Crippen LogP contribution in [-0.4, -0.2) is 16.6 Å². The normalized spacial score (nSPS) is 35.7. The molecule has 3 rings (SSSR count). The summed E-state index contributed by atoms with van der Waals surface area (Å²) in [5.41, 5.74) is 7.26. The van der Waals surface area contributed by atoms with Gasteiger partial charge in [-0.15, -0.1) is 0 Å². The average molecular weight is 270 g/mol. The van der Waals surface area contributed by atoms with Crippen molar-refractivity contribution in [2.24, 2.45) is 5.73 Å². The molecule has 1 aromatic rings. The van der Waals surface area contributed by atoms with Crippen LogP contribution < -0.4 is 10.5 Å². The minimum atomic E-state index is -0.0513. The Hall–Kier alpha value is -0.380. The molecule has 2 aliphatic heterocycles. The lowest BCUT2D eigenvalue weighted by molar-refractivity contribution is 0.0576. The summed E-state index contributed by atoms with van der Waals surface area (Å²) in [5, 5.41) is 1.39. The van der Waals surface area contributed by atoms with E-state index < -0.39 is 0 Å². The summed E-state index contributed by atoms with van der Waals surface area (Å²) in [6.45, 7) is 2.26. The van der Waals surface area contributed by atoms with Crippen LogP contribution in [0.5, 0.6) is 5.75 Å². The molecule has 0 radical (unpaired) electrons. The first-order valence-corrected chi connectivity index (χ1v) is 7.36. The summed E-state index contributed by atoms with van der Waals surface area (Å²) in [7, 11) is 0. The lowest BCUT2D eigenvalue weighted by Crippen LogP contribution is -2.43. The summed E-state index contributed by atoms with van der Waals surface area (Å²) < 4.78 is 6.22. The molecule has 1 saturated heterocycles. The van der Waals surface area contributed by atoms with Crippen LogP contribution in [0.1, 0.15) is 31.4 Å². The minimum Gasteiger partial charge on any atom is -0.486 e. The molecule has 1 fully saturated rings. The number of thioether (sulfide) groups is 1. The van der Waals surface area contributed by atoms with Gasteiger partial charge in [-0.3, -0.25) is 0 Å². The molecule has 2 unspecified atom stereocenters. The third-order valence-electron chi connectivity index (χ3n) is 3.58. The molecule has 3 atom stereocenters. The van der Waals surface area contributed by atoms with Crippen molar-refractivity contribution in [3.05, 3.63) is 28.8 Å². The zero-order valence-electron chi connectivity index (χ0n) is 9.78. The Labute approximate surface area is 111 Å². The van der Waals surface area contributed by atoms with Crippen molar-refractivity contribution in [3.63, 3.8) is 0 Å². The van der Waals surface area contributed by atoms with Crippen molar-refractivity contribution in [2.75, 3.05) is 5.75 Å². The smallest absolute Gasteiger partial charge is 0.125 e. The summed E-state index contributed by atoms with van der Waals surface area (Å²) in [6, 6.07) is 5.80. The number of rotatable bonds is 0. The van der Waals surface area contributed by atoms with Crippen molar-refractivity contribution in [2.45, 2.75) is 36.7 Å². The molecule has 1 aromatic carbocycles. The lowest BCUT2D eigenvalue weighted by Gasteiger charge is -2.38. The second-order valence-electron chi connectivity index (χ2n) is 5.10. The van der Waals surface area contributed by atoms with E-state index in [2.05, 4.69) is 6.92 Å². The van der Waals surface area contributed by atoms with E-state index in [9.17, 15) is 0 Å². The van der Waals surface area contributed by atoms with E-state index in [-0.39, 0.29) is 11.6 Å². The Balaban J connectivity index is 1.96.